The Morgan fingerprint density at radius 2 is 1.75 bits per heavy atom. The maximum absolute atomic E-state index is 11.8. The monoisotopic (exact) mass is 441 g/mol. The molecule has 0 saturated carbocycles. The van der Waals surface area contributed by atoms with Gasteiger partial charge in [0.25, 0.3) is 5.91 Å². The smallest absolute Gasteiger partial charge is 0.344 e. The lowest BCUT2D eigenvalue weighted by molar-refractivity contribution is -0.149. The van der Waals surface area contributed by atoms with Gasteiger partial charge in [-0.1, -0.05) is 12.1 Å². The van der Waals surface area contributed by atoms with Gasteiger partial charge in [-0.3, -0.25) is 4.79 Å². The summed E-state index contributed by atoms with van der Waals surface area (Å²) in [5, 5.41) is 2.61. The van der Waals surface area contributed by atoms with Crippen LogP contribution in [0.15, 0.2) is 48.5 Å². The Hall–Kier alpha value is -2.29. The number of rotatable bonds is 7. The van der Waals surface area contributed by atoms with Gasteiger partial charge in [0, 0.05) is 3.57 Å². The Morgan fingerprint density at radius 3 is 2.46 bits per heavy atom. The summed E-state index contributed by atoms with van der Waals surface area (Å²) in [5.41, 5.74) is 0.510. The van der Waals surface area contributed by atoms with E-state index >= 15 is 0 Å². The third-order valence-electron chi connectivity index (χ3n) is 2.92. The van der Waals surface area contributed by atoms with Crippen LogP contribution in [-0.4, -0.2) is 32.2 Å². The van der Waals surface area contributed by atoms with E-state index in [4.69, 9.17) is 14.2 Å². The van der Waals surface area contributed by atoms with Gasteiger partial charge in [0.05, 0.1) is 12.8 Å². The summed E-state index contributed by atoms with van der Waals surface area (Å²) in [6, 6.07) is 14.2. The zero-order valence-electron chi connectivity index (χ0n) is 13.0. The molecule has 0 aliphatic heterocycles. The van der Waals surface area contributed by atoms with Crippen molar-refractivity contribution in [2.45, 2.75) is 0 Å². The molecule has 1 amide bonds. The number of para-hydroxylation sites is 2. The normalized spacial score (nSPS) is 9.92. The maximum atomic E-state index is 11.8. The van der Waals surface area contributed by atoms with Gasteiger partial charge in [-0.2, -0.15) is 0 Å². The topological polar surface area (TPSA) is 73.9 Å². The lowest BCUT2D eigenvalue weighted by Gasteiger charge is -2.10. The average molecular weight is 441 g/mol. The van der Waals surface area contributed by atoms with E-state index in [0.29, 0.717) is 17.2 Å². The van der Waals surface area contributed by atoms with E-state index in [1.165, 1.54) is 7.11 Å². The van der Waals surface area contributed by atoms with Crippen LogP contribution in [0.3, 0.4) is 0 Å². The first-order valence-electron chi connectivity index (χ1n) is 7.05. The van der Waals surface area contributed by atoms with Crippen molar-refractivity contribution in [1.29, 1.82) is 0 Å². The number of nitrogens with one attached hydrogen (secondary N) is 1. The van der Waals surface area contributed by atoms with Gasteiger partial charge in [-0.05, 0) is 59.0 Å². The fourth-order valence-electron chi connectivity index (χ4n) is 1.79. The van der Waals surface area contributed by atoms with E-state index < -0.39 is 18.5 Å². The highest BCUT2D eigenvalue weighted by molar-refractivity contribution is 14.1. The predicted molar refractivity (Wildman–Crippen MR) is 97.2 cm³/mol. The molecule has 6 nitrogen and oxygen atoms in total. The maximum Gasteiger partial charge on any atom is 0.344 e. The second kappa shape index (κ2) is 9.11. The van der Waals surface area contributed by atoms with Crippen molar-refractivity contribution in [1.82, 2.24) is 0 Å². The molecule has 0 heterocycles. The molecule has 2 aromatic carbocycles. The molecule has 0 radical (unpaired) electrons. The molecule has 1 N–H and O–H groups in total. The van der Waals surface area contributed by atoms with Gasteiger partial charge < -0.3 is 19.5 Å². The van der Waals surface area contributed by atoms with Crippen molar-refractivity contribution in [2.24, 2.45) is 0 Å². The molecule has 24 heavy (non-hydrogen) atoms. The van der Waals surface area contributed by atoms with Crippen LogP contribution in [0, 0.1) is 3.57 Å². The average Bonchev–Trinajstić information content (AvgIpc) is 2.60. The molecule has 0 bridgehead atoms. The van der Waals surface area contributed by atoms with E-state index in [0.717, 1.165) is 3.57 Å². The Bertz CT molecular complexity index is 702. The minimum atomic E-state index is -0.622. The van der Waals surface area contributed by atoms with Crippen LogP contribution in [0.4, 0.5) is 5.69 Å². The highest BCUT2D eigenvalue weighted by Gasteiger charge is 2.10. The molecule has 0 spiro atoms. The molecular weight excluding hydrogens is 425 g/mol. The number of esters is 1. The number of benzene rings is 2. The van der Waals surface area contributed by atoms with Gasteiger partial charge in [0.15, 0.2) is 13.2 Å². The largest absolute Gasteiger partial charge is 0.495 e. The Labute approximate surface area is 153 Å². The molecule has 0 fully saturated rings. The van der Waals surface area contributed by atoms with Crippen molar-refractivity contribution in [3.05, 3.63) is 52.1 Å². The zero-order chi connectivity index (χ0) is 17.4. The lowest BCUT2D eigenvalue weighted by atomic mass is 10.3. The number of amides is 1. The molecule has 0 aromatic heterocycles. The molecular formula is C17H16INO5. The molecule has 126 valence electrons. The highest BCUT2D eigenvalue weighted by Crippen LogP contribution is 2.22. The van der Waals surface area contributed by atoms with Gasteiger partial charge in [-0.15, -0.1) is 0 Å². The van der Waals surface area contributed by atoms with Gasteiger partial charge in [-0.25, -0.2) is 4.79 Å². The minimum absolute atomic E-state index is 0.261. The fourth-order valence-corrected chi connectivity index (χ4v) is 2.15. The minimum Gasteiger partial charge on any atom is -0.495 e. The molecule has 0 atom stereocenters. The standard InChI is InChI=1S/C17H16INO5/c1-22-15-5-3-2-4-14(15)19-16(20)10-24-17(21)11-23-13-8-6-12(18)7-9-13/h2-9H,10-11H2,1H3,(H,19,20). The van der Waals surface area contributed by atoms with Crippen LogP contribution in [0.2, 0.25) is 0 Å². The summed E-state index contributed by atoms with van der Waals surface area (Å²) in [5.74, 6) is 0.0101. The summed E-state index contributed by atoms with van der Waals surface area (Å²) in [6.07, 6.45) is 0. The number of halogens is 1. The number of anilines is 1. The van der Waals surface area contributed by atoms with Crippen LogP contribution >= 0.6 is 22.6 Å². The van der Waals surface area contributed by atoms with Crippen LogP contribution in [-0.2, 0) is 14.3 Å². The first-order chi connectivity index (χ1) is 11.6. The number of carbonyl (C=O) groups is 2. The predicted octanol–water partition coefficient (Wildman–Crippen LogP) is 2.86. The Morgan fingerprint density at radius 1 is 1.04 bits per heavy atom. The Balaban J connectivity index is 1.74. The lowest BCUT2D eigenvalue weighted by Crippen LogP contribution is -2.23. The van der Waals surface area contributed by atoms with Crippen LogP contribution in [0.5, 0.6) is 11.5 Å². The van der Waals surface area contributed by atoms with Crippen molar-refractivity contribution >= 4 is 40.2 Å². The number of hydrogen-bond acceptors (Lipinski definition) is 5. The number of methoxy groups -OCH3 is 1. The van der Waals surface area contributed by atoms with Crippen molar-refractivity contribution < 1.29 is 23.8 Å². The fraction of sp³-hybridized carbons (Fsp3) is 0.176. The van der Waals surface area contributed by atoms with E-state index in [2.05, 4.69) is 27.9 Å². The SMILES string of the molecule is COc1ccccc1NC(=O)COC(=O)COc1ccc(I)cc1. The molecule has 0 unspecified atom stereocenters. The molecule has 0 saturated heterocycles. The molecule has 2 aromatic rings. The molecule has 2 rings (SSSR count). The van der Waals surface area contributed by atoms with Crippen molar-refractivity contribution in [2.75, 3.05) is 25.6 Å². The first-order valence-corrected chi connectivity index (χ1v) is 8.13. The quantitative estimate of drug-likeness (QED) is 0.529. The Kier molecular flexibility index (Phi) is 6.86. The van der Waals surface area contributed by atoms with Crippen LogP contribution < -0.4 is 14.8 Å². The summed E-state index contributed by atoms with van der Waals surface area (Å²) in [6.45, 7) is -0.657. The van der Waals surface area contributed by atoms with E-state index in [9.17, 15) is 9.59 Å². The molecule has 0 aliphatic rings. The number of ether oxygens (including phenoxy) is 3. The van der Waals surface area contributed by atoms with Gasteiger partial charge in [0.1, 0.15) is 11.5 Å². The van der Waals surface area contributed by atoms with E-state index in [1.54, 1.807) is 36.4 Å². The van der Waals surface area contributed by atoms with Crippen molar-refractivity contribution in [3.8, 4) is 11.5 Å². The second-order valence-corrected chi connectivity index (χ2v) is 5.90. The number of carbonyl (C=O) groups excluding carboxylic acids is 2. The van der Waals surface area contributed by atoms with Gasteiger partial charge >= 0.3 is 5.97 Å². The third kappa shape index (κ3) is 5.73. The zero-order valence-corrected chi connectivity index (χ0v) is 15.1. The number of hydrogen-bond donors (Lipinski definition) is 1. The van der Waals surface area contributed by atoms with E-state index in [-0.39, 0.29) is 6.61 Å². The third-order valence-corrected chi connectivity index (χ3v) is 3.63. The van der Waals surface area contributed by atoms with Gasteiger partial charge in [0.2, 0.25) is 0 Å². The second-order valence-electron chi connectivity index (χ2n) is 4.65. The molecule has 0 aliphatic carbocycles. The van der Waals surface area contributed by atoms with E-state index in [1.807, 2.05) is 12.1 Å². The highest BCUT2D eigenvalue weighted by atomic mass is 127. The summed E-state index contributed by atoms with van der Waals surface area (Å²) >= 11 is 2.17. The van der Waals surface area contributed by atoms with Crippen molar-refractivity contribution in [3.63, 3.8) is 0 Å². The molecule has 7 heteroatoms. The summed E-state index contributed by atoms with van der Waals surface area (Å²) in [7, 11) is 1.51. The first kappa shape index (κ1) is 18.1. The van der Waals surface area contributed by atoms with Crippen LogP contribution in [0.25, 0.3) is 0 Å². The summed E-state index contributed by atoms with van der Waals surface area (Å²) in [4.78, 5) is 23.4. The summed E-state index contributed by atoms with van der Waals surface area (Å²) < 4.78 is 16.3. The van der Waals surface area contributed by atoms with Crippen LogP contribution in [0.1, 0.15) is 0 Å².